The summed E-state index contributed by atoms with van der Waals surface area (Å²) >= 11 is 0. The van der Waals surface area contributed by atoms with Gasteiger partial charge < -0.3 is 10.2 Å². The molecule has 0 unspecified atom stereocenters. The number of aldehydes is 1. The molecule has 0 saturated carbocycles. The highest BCUT2D eigenvalue weighted by atomic mass is 16.3. The van der Waals surface area contributed by atoms with Crippen molar-refractivity contribution in [2.24, 2.45) is 11.3 Å². The second-order valence-electron chi connectivity index (χ2n) is 5.70. The lowest BCUT2D eigenvalue weighted by atomic mass is 9.57. The Morgan fingerprint density at radius 3 is 2.79 bits per heavy atom. The van der Waals surface area contributed by atoms with Gasteiger partial charge in [0.05, 0.1) is 6.10 Å². The van der Waals surface area contributed by atoms with Gasteiger partial charge in [-0.1, -0.05) is 32.6 Å². The van der Waals surface area contributed by atoms with Gasteiger partial charge in [-0.15, -0.1) is 0 Å². The van der Waals surface area contributed by atoms with Crippen LogP contribution in [0.4, 0.5) is 0 Å². The number of allylic oxidation sites excluding steroid dienone is 2. The summed E-state index contributed by atoms with van der Waals surface area (Å²) < 4.78 is 0. The van der Waals surface area contributed by atoms with Crippen LogP contribution in [0, 0.1) is 11.3 Å². The Balaban J connectivity index is 2.55. The molecule has 4 nitrogen and oxygen atoms in total. The van der Waals surface area contributed by atoms with Crippen molar-refractivity contribution >= 4 is 12.1 Å². The summed E-state index contributed by atoms with van der Waals surface area (Å²) in [4.78, 5) is 22.9. The molecular weight excluding hydrogens is 244 g/mol. The molecule has 19 heavy (non-hydrogen) atoms. The standard InChI is InChI=1S/C15H18O4/c1-9(7-16)15(19)8-14(3)10(2)12(17)5-4-11(14)6-13(15)18/h4-7,10,12,17,19H,1,8H2,2-3H3/t10-,12-,14+,15+/m0/s1. The van der Waals surface area contributed by atoms with E-state index in [0.29, 0.717) is 6.29 Å². The van der Waals surface area contributed by atoms with E-state index in [-0.39, 0.29) is 17.9 Å². The first kappa shape index (κ1) is 13.9. The molecule has 2 aliphatic rings. The number of rotatable bonds is 2. The molecule has 0 aromatic rings. The molecule has 0 radical (unpaired) electrons. The van der Waals surface area contributed by atoms with Crippen molar-refractivity contribution < 1.29 is 19.8 Å². The van der Waals surface area contributed by atoms with Crippen LogP contribution >= 0.6 is 0 Å². The molecule has 0 amide bonds. The van der Waals surface area contributed by atoms with Crippen LogP contribution in [0.3, 0.4) is 0 Å². The Kier molecular flexibility index (Phi) is 3.11. The van der Waals surface area contributed by atoms with Crippen molar-refractivity contribution in [3.63, 3.8) is 0 Å². The fourth-order valence-corrected chi connectivity index (χ4v) is 2.92. The third-order valence-corrected chi connectivity index (χ3v) is 4.64. The van der Waals surface area contributed by atoms with Crippen LogP contribution in [0.25, 0.3) is 0 Å². The average molecular weight is 262 g/mol. The number of carbonyl (C=O) groups excluding carboxylic acids is 2. The molecule has 0 spiro atoms. The second kappa shape index (κ2) is 4.25. The third-order valence-electron chi connectivity index (χ3n) is 4.64. The molecule has 0 bridgehead atoms. The summed E-state index contributed by atoms with van der Waals surface area (Å²) in [6.45, 7) is 7.23. The van der Waals surface area contributed by atoms with Crippen LogP contribution in [0.1, 0.15) is 20.3 Å². The van der Waals surface area contributed by atoms with Gasteiger partial charge in [-0.3, -0.25) is 9.59 Å². The number of hydrogen-bond acceptors (Lipinski definition) is 4. The molecule has 4 atom stereocenters. The van der Waals surface area contributed by atoms with Crippen LogP contribution < -0.4 is 0 Å². The van der Waals surface area contributed by atoms with E-state index in [4.69, 9.17) is 0 Å². The molecule has 0 aromatic heterocycles. The van der Waals surface area contributed by atoms with E-state index < -0.39 is 22.9 Å². The molecule has 102 valence electrons. The molecule has 4 heteroatoms. The molecule has 2 aliphatic carbocycles. The Labute approximate surface area is 112 Å². The third kappa shape index (κ3) is 1.83. The predicted octanol–water partition coefficient (Wildman–Crippen LogP) is 0.945. The minimum Gasteiger partial charge on any atom is -0.389 e. The highest BCUT2D eigenvalue weighted by Gasteiger charge is 2.52. The second-order valence-corrected chi connectivity index (χ2v) is 5.70. The van der Waals surface area contributed by atoms with Gasteiger partial charge in [0, 0.05) is 11.0 Å². The van der Waals surface area contributed by atoms with Crippen LogP contribution in [-0.4, -0.2) is 34.0 Å². The van der Waals surface area contributed by atoms with Gasteiger partial charge in [0.1, 0.15) is 6.29 Å². The van der Waals surface area contributed by atoms with Crippen molar-refractivity contribution in [1.29, 1.82) is 0 Å². The minimum absolute atomic E-state index is 0.0603. The SMILES string of the molecule is C=C(C=O)[C@]1(O)C[C@@]2(C)C(=CC1=O)C=C[C@H](O)[C@@H]2C. The van der Waals surface area contributed by atoms with Crippen molar-refractivity contribution in [3.8, 4) is 0 Å². The summed E-state index contributed by atoms with van der Waals surface area (Å²) in [6.07, 6.45) is 4.56. The Morgan fingerprint density at radius 2 is 2.21 bits per heavy atom. The largest absolute Gasteiger partial charge is 0.389 e. The van der Waals surface area contributed by atoms with Gasteiger partial charge in [-0.25, -0.2) is 0 Å². The topological polar surface area (TPSA) is 74.6 Å². The van der Waals surface area contributed by atoms with Gasteiger partial charge in [-0.2, -0.15) is 0 Å². The van der Waals surface area contributed by atoms with Gasteiger partial charge in [-0.05, 0) is 24.0 Å². The number of aliphatic hydroxyl groups excluding tert-OH is 1. The highest BCUT2D eigenvalue weighted by molar-refractivity contribution is 6.05. The summed E-state index contributed by atoms with van der Waals surface area (Å²) in [5, 5.41) is 20.4. The predicted molar refractivity (Wildman–Crippen MR) is 70.3 cm³/mol. The van der Waals surface area contributed by atoms with E-state index in [2.05, 4.69) is 6.58 Å². The molecule has 0 heterocycles. The lowest BCUT2D eigenvalue weighted by Crippen LogP contribution is -2.52. The lowest BCUT2D eigenvalue weighted by Gasteiger charge is -2.48. The Morgan fingerprint density at radius 1 is 1.58 bits per heavy atom. The number of fused-ring (bicyclic) bond motifs is 1. The summed E-state index contributed by atoms with van der Waals surface area (Å²) in [5.74, 6) is -0.687. The first-order chi connectivity index (χ1) is 8.75. The van der Waals surface area contributed by atoms with Crippen LogP contribution in [0.5, 0.6) is 0 Å². The molecule has 0 aliphatic heterocycles. The van der Waals surface area contributed by atoms with Gasteiger partial charge in [0.2, 0.25) is 0 Å². The Hall–Kier alpha value is -1.52. The molecule has 0 aromatic carbocycles. The van der Waals surface area contributed by atoms with Gasteiger partial charge in [0.15, 0.2) is 11.4 Å². The first-order valence-corrected chi connectivity index (χ1v) is 6.25. The fraction of sp³-hybridized carbons (Fsp3) is 0.467. The zero-order chi connectivity index (χ0) is 14.4. The van der Waals surface area contributed by atoms with Crippen molar-refractivity contribution in [2.75, 3.05) is 0 Å². The van der Waals surface area contributed by atoms with Gasteiger partial charge in [0.25, 0.3) is 0 Å². The average Bonchev–Trinajstić information content (AvgIpc) is 2.37. The Bertz CT molecular complexity index is 516. The summed E-state index contributed by atoms with van der Waals surface area (Å²) in [6, 6.07) is 0. The maximum Gasteiger partial charge on any atom is 0.192 e. The lowest BCUT2D eigenvalue weighted by molar-refractivity contribution is -0.135. The highest BCUT2D eigenvalue weighted by Crippen LogP contribution is 2.51. The van der Waals surface area contributed by atoms with Crippen molar-refractivity contribution in [2.45, 2.75) is 32.0 Å². The van der Waals surface area contributed by atoms with Crippen LogP contribution in [0.2, 0.25) is 0 Å². The zero-order valence-electron chi connectivity index (χ0n) is 11.1. The number of hydrogen-bond donors (Lipinski definition) is 2. The quantitative estimate of drug-likeness (QED) is 0.574. The molecular formula is C15H18O4. The maximum absolute atomic E-state index is 12.1. The van der Waals surface area contributed by atoms with E-state index in [0.717, 1.165) is 5.57 Å². The van der Waals surface area contributed by atoms with E-state index in [1.807, 2.05) is 13.8 Å². The number of carbonyl (C=O) groups is 2. The van der Waals surface area contributed by atoms with Crippen molar-refractivity contribution in [1.82, 2.24) is 0 Å². The van der Waals surface area contributed by atoms with E-state index >= 15 is 0 Å². The van der Waals surface area contributed by atoms with E-state index in [9.17, 15) is 19.8 Å². The summed E-state index contributed by atoms with van der Waals surface area (Å²) in [7, 11) is 0. The van der Waals surface area contributed by atoms with Crippen molar-refractivity contribution in [3.05, 3.63) is 36.0 Å². The number of aliphatic hydroxyl groups is 2. The minimum atomic E-state index is -1.86. The monoisotopic (exact) mass is 262 g/mol. The molecule has 2 N–H and O–H groups in total. The van der Waals surface area contributed by atoms with Gasteiger partial charge >= 0.3 is 0 Å². The van der Waals surface area contributed by atoms with E-state index in [1.54, 1.807) is 12.2 Å². The first-order valence-electron chi connectivity index (χ1n) is 6.25. The normalized spacial score (nSPS) is 41.5. The zero-order valence-corrected chi connectivity index (χ0v) is 11.1. The van der Waals surface area contributed by atoms with E-state index in [1.165, 1.54) is 6.08 Å². The molecule has 0 saturated heterocycles. The number of ketones is 1. The van der Waals surface area contributed by atoms with Crippen LogP contribution in [0.15, 0.2) is 36.0 Å². The maximum atomic E-state index is 12.1. The fourth-order valence-electron chi connectivity index (χ4n) is 2.92. The summed E-state index contributed by atoms with van der Waals surface area (Å²) in [5.41, 5.74) is -1.79. The molecule has 0 fully saturated rings. The smallest absolute Gasteiger partial charge is 0.192 e. The van der Waals surface area contributed by atoms with Crippen LogP contribution in [-0.2, 0) is 9.59 Å². The molecule has 2 rings (SSSR count).